The number of piperazine rings is 1. The molecule has 0 radical (unpaired) electrons. The average molecular weight is 439 g/mol. The first-order valence-electron chi connectivity index (χ1n) is 11.7. The number of hydrogen-bond acceptors (Lipinski definition) is 5. The third-order valence-electron chi connectivity index (χ3n) is 6.56. The molecule has 33 heavy (non-hydrogen) atoms. The zero-order chi connectivity index (χ0) is 22.6. The van der Waals surface area contributed by atoms with Gasteiger partial charge in [0.25, 0.3) is 0 Å². The Bertz CT molecular complexity index is 1130. The van der Waals surface area contributed by atoms with Crippen LogP contribution in [0.1, 0.15) is 41.6 Å². The minimum Gasteiger partial charge on any atom is -0.419 e. The quantitative estimate of drug-likeness (QED) is 0.397. The molecule has 0 unspecified atom stereocenters. The topological polar surface area (TPSA) is 45.4 Å². The Balaban J connectivity index is 1.29. The molecule has 2 heterocycles. The zero-order valence-electron chi connectivity index (χ0n) is 19.3. The zero-order valence-corrected chi connectivity index (χ0v) is 19.3. The van der Waals surface area contributed by atoms with Crippen molar-refractivity contribution in [3.05, 3.63) is 108 Å². The molecule has 3 aromatic carbocycles. The van der Waals surface area contributed by atoms with Crippen molar-refractivity contribution < 1.29 is 4.42 Å². The first-order chi connectivity index (χ1) is 16.2. The van der Waals surface area contributed by atoms with Crippen LogP contribution in [0.15, 0.2) is 89.3 Å². The van der Waals surface area contributed by atoms with E-state index in [1.807, 2.05) is 12.1 Å². The molecular formula is C28H30N4O. The highest BCUT2D eigenvalue weighted by Gasteiger charge is 2.30. The average Bonchev–Trinajstić information content (AvgIpc) is 3.36. The standard InChI is InChI=1S/C28H30N4O/c1-21-10-9-15-25(20-21)28-30-29-27(33-28)22(2)31-16-18-32(19-17-31)26(23-11-5-3-6-12-23)24-13-7-4-8-14-24/h3-15,20,22,26H,16-19H2,1-2H3/t22-/m0/s1. The Kier molecular flexibility index (Phi) is 6.33. The highest BCUT2D eigenvalue weighted by molar-refractivity contribution is 5.53. The lowest BCUT2D eigenvalue weighted by Crippen LogP contribution is -2.48. The number of benzene rings is 3. The highest BCUT2D eigenvalue weighted by atomic mass is 16.4. The van der Waals surface area contributed by atoms with Gasteiger partial charge in [0.15, 0.2) is 0 Å². The molecule has 0 bridgehead atoms. The Morgan fingerprint density at radius 3 is 1.94 bits per heavy atom. The fraction of sp³-hybridized carbons (Fsp3) is 0.286. The molecule has 1 aliphatic rings. The molecule has 0 saturated carbocycles. The van der Waals surface area contributed by atoms with E-state index in [0.29, 0.717) is 11.8 Å². The van der Waals surface area contributed by atoms with Gasteiger partial charge in [0.2, 0.25) is 11.8 Å². The molecule has 5 heteroatoms. The van der Waals surface area contributed by atoms with Gasteiger partial charge in [0.05, 0.1) is 12.1 Å². The molecule has 1 aromatic heterocycles. The lowest BCUT2D eigenvalue weighted by molar-refractivity contribution is 0.0751. The third-order valence-corrected chi connectivity index (χ3v) is 6.56. The fourth-order valence-electron chi connectivity index (χ4n) is 4.72. The second-order valence-electron chi connectivity index (χ2n) is 8.79. The molecule has 0 amide bonds. The van der Waals surface area contributed by atoms with Gasteiger partial charge in [0.1, 0.15) is 0 Å². The second kappa shape index (κ2) is 9.69. The van der Waals surface area contributed by atoms with Crippen LogP contribution in [0.2, 0.25) is 0 Å². The van der Waals surface area contributed by atoms with Crippen LogP contribution in [-0.4, -0.2) is 46.2 Å². The monoisotopic (exact) mass is 438 g/mol. The fourth-order valence-corrected chi connectivity index (χ4v) is 4.72. The molecule has 1 fully saturated rings. The number of hydrogen-bond donors (Lipinski definition) is 0. The van der Waals surface area contributed by atoms with Crippen molar-refractivity contribution in [1.29, 1.82) is 0 Å². The van der Waals surface area contributed by atoms with E-state index in [-0.39, 0.29) is 12.1 Å². The maximum absolute atomic E-state index is 6.08. The van der Waals surface area contributed by atoms with Crippen molar-refractivity contribution in [1.82, 2.24) is 20.0 Å². The Labute approximate surface area is 195 Å². The number of aromatic nitrogens is 2. The predicted molar refractivity (Wildman–Crippen MR) is 131 cm³/mol. The van der Waals surface area contributed by atoms with Crippen molar-refractivity contribution >= 4 is 0 Å². The largest absolute Gasteiger partial charge is 0.419 e. The van der Waals surface area contributed by atoms with Crippen LogP contribution in [0.5, 0.6) is 0 Å². The van der Waals surface area contributed by atoms with Crippen LogP contribution in [-0.2, 0) is 0 Å². The summed E-state index contributed by atoms with van der Waals surface area (Å²) in [5.41, 5.74) is 4.83. The Morgan fingerprint density at radius 1 is 0.727 bits per heavy atom. The number of aryl methyl sites for hydroxylation is 1. The molecule has 1 atom stereocenters. The predicted octanol–water partition coefficient (Wildman–Crippen LogP) is 5.51. The van der Waals surface area contributed by atoms with E-state index in [0.717, 1.165) is 31.7 Å². The van der Waals surface area contributed by atoms with Crippen LogP contribution in [0, 0.1) is 6.92 Å². The van der Waals surface area contributed by atoms with Crippen molar-refractivity contribution in [2.24, 2.45) is 0 Å². The molecule has 0 N–H and O–H groups in total. The molecule has 4 aromatic rings. The van der Waals surface area contributed by atoms with Crippen molar-refractivity contribution in [2.75, 3.05) is 26.2 Å². The summed E-state index contributed by atoms with van der Waals surface area (Å²) in [6.07, 6.45) is 0. The van der Waals surface area contributed by atoms with Crippen molar-refractivity contribution in [3.63, 3.8) is 0 Å². The van der Waals surface area contributed by atoms with E-state index in [1.54, 1.807) is 0 Å². The minimum atomic E-state index is 0.0881. The van der Waals surface area contributed by atoms with Crippen LogP contribution in [0.25, 0.3) is 11.5 Å². The summed E-state index contributed by atoms with van der Waals surface area (Å²) in [5.74, 6) is 1.27. The van der Waals surface area contributed by atoms with Gasteiger partial charge in [0, 0.05) is 31.7 Å². The summed E-state index contributed by atoms with van der Waals surface area (Å²) in [6.45, 7) is 8.12. The highest BCUT2D eigenvalue weighted by Crippen LogP contribution is 2.31. The van der Waals surface area contributed by atoms with Gasteiger partial charge in [-0.2, -0.15) is 0 Å². The first kappa shape index (κ1) is 21.6. The van der Waals surface area contributed by atoms with Gasteiger partial charge in [-0.3, -0.25) is 9.80 Å². The summed E-state index contributed by atoms with van der Waals surface area (Å²) in [7, 11) is 0. The van der Waals surface area contributed by atoms with Crippen molar-refractivity contribution in [2.45, 2.75) is 25.9 Å². The molecule has 5 nitrogen and oxygen atoms in total. The molecule has 5 rings (SSSR count). The van der Waals surface area contributed by atoms with Gasteiger partial charge < -0.3 is 4.42 Å². The molecule has 1 aliphatic heterocycles. The number of rotatable bonds is 6. The summed E-state index contributed by atoms with van der Waals surface area (Å²) in [6, 6.07) is 30.2. The summed E-state index contributed by atoms with van der Waals surface area (Å²) in [5, 5.41) is 8.69. The second-order valence-corrected chi connectivity index (χ2v) is 8.79. The summed E-state index contributed by atoms with van der Waals surface area (Å²) < 4.78 is 6.08. The van der Waals surface area contributed by atoms with E-state index in [9.17, 15) is 0 Å². The van der Waals surface area contributed by atoms with Crippen LogP contribution in [0.4, 0.5) is 0 Å². The van der Waals surface area contributed by atoms with Gasteiger partial charge in [-0.25, -0.2) is 0 Å². The third kappa shape index (κ3) is 4.75. The number of nitrogens with zero attached hydrogens (tertiary/aromatic N) is 4. The Morgan fingerprint density at radius 2 is 1.33 bits per heavy atom. The van der Waals surface area contributed by atoms with E-state index >= 15 is 0 Å². The normalized spacial score (nSPS) is 16.2. The maximum atomic E-state index is 6.08. The van der Waals surface area contributed by atoms with E-state index in [2.05, 4.69) is 107 Å². The lowest BCUT2D eigenvalue weighted by Gasteiger charge is -2.41. The smallest absolute Gasteiger partial charge is 0.247 e. The van der Waals surface area contributed by atoms with Gasteiger partial charge >= 0.3 is 0 Å². The van der Waals surface area contributed by atoms with E-state index in [4.69, 9.17) is 4.42 Å². The molecule has 0 spiro atoms. The minimum absolute atomic E-state index is 0.0881. The molecule has 168 valence electrons. The van der Waals surface area contributed by atoms with Crippen LogP contribution < -0.4 is 0 Å². The van der Waals surface area contributed by atoms with E-state index in [1.165, 1.54) is 16.7 Å². The van der Waals surface area contributed by atoms with Gasteiger partial charge in [-0.15, -0.1) is 10.2 Å². The molecule has 1 saturated heterocycles. The maximum Gasteiger partial charge on any atom is 0.247 e. The van der Waals surface area contributed by atoms with Gasteiger partial charge in [-0.05, 0) is 37.1 Å². The van der Waals surface area contributed by atoms with E-state index < -0.39 is 0 Å². The first-order valence-corrected chi connectivity index (χ1v) is 11.7. The lowest BCUT2D eigenvalue weighted by atomic mass is 9.96. The van der Waals surface area contributed by atoms with Gasteiger partial charge in [-0.1, -0.05) is 78.4 Å². The van der Waals surface area contributed by atoms with Crippen LogP contribution in [0.3, 0.4) is 0 Å². The Hall–Kier alpha value is -3.28. The van der Waals surface area contributed by atoms with Crippen molar-refractivity contribution in [3.8, 4) is 11.5 Å². The SMILES string of the molecule is Cc1cccc(-c2nnc([C@H](C)N3CCN(C(c4ccccc4)c4ccccc4)CC3)o2)c1. The summed E-state index contributed by atoms with van der Waals surface area (Å²) in [4.78, 5) is 5.02. The summed E-state index contributed by atoms with van der Waals surface area (Å²) >= 11 is 0. The van der Waals surface area contributed by atoms with Crippen LogP contribution >= 0.6 is 0 Å². The molecular weight excluding hydrogens is 408 g/mol. The molecule has 0 aliphatic carbocycles.